The summed E-state index contributed by atoms with van der Waals surface area (Å²) >= 11 is 0. The largest absolute Gasteiger partial charge is 0.481 e. The van der Waals surface area contributed by atoms with Gasteiger partial charge in [0.15, 0.2) is 6.10 Å². The maximum Gasteiger partial charge on any atom is 0.306 e. The van der Waals surface area contributed by atoms with E-state index in [9.17, 15) is 14.4 Å². The monoisotopic (exact) mass is 968 g/mol. The van der Waals surface area contributed by atoms with Gasteiger partial charge in [-0.1, -0.05) is 290 Å². The maximum atomic E-state index is 12.8. The molecule has 0 fully saturated rings. The molecule has 0 atom stereocenters. The standard InChI is InChI=1S/C57H110O6.C2H4O2.H3N/c1-4-7-10-13-16-19-22-25-28-31-34-37-40-43-46-49-55(58)61-52-54(63-57(60)51-48-45-42-39-36-33-30-27-24-21-18-15-12-9-6-3)53-62-56(59)50-47-44-41-38-35-32-29-26-23-20-17-14-11-8-5-2;1-2(3)4;/h54H,4-53H2,1-3H3;1H3,(H,3,4);1H3. The first kappa shape index (κ1) is 70.1. The van der Waals surface area contributed by atoms with E-state index < -0.39 is 12.1 Å². The van der Waals surface area contributed by atoms with Crippen molar-refractivity contribution < 1.29 is 38.5 Å². The van der Waals surface area contributed by atoms with Gasteiger partial charge in [0.2, 0.25) is 0 Å². The van der Waals surface area contributed by atoms with Crippen LogP contribution in [0.25, 0.3) is 0 Å². The van der Waals surface area contributed by atoms with Gasteiger partial charge in [-0.05, 0) is 19.3 Å². The van der Waals surface area contributed by atoms with E-state index in [0.29, 0.717) is 19.3 Å². The first-order valence-corrected chi connectivity index (χ1v) is 29.5. The molecule has 0 aromatic rings. The van der Waals surface area contributed by atoms with Crippen LogP contribution < -0.4 is 6.15 Å². The molecule has 0 aliphatic heterocycles. The zero-order valence-electron chi connectivity index (χ0n) is 45.9. The summed E-state index contributed by atoms with van der Waals surface area (Å²) in [7, 11) is 0. The SMILES string of the molecule is CC(=O)O.CCCCCCCCCCCCCCCCCC(=O)OCC(COC(=O)CCCCCCCCCCCCCCCCC)OC(=O)CCCCCCCCCCCCCCCCC.N. The summed E-state index contributed by atoms with van der Waals surface area (Å²) in [6, 6.07) is 0. The van der Waals surface area contributed by atoms with Crippen LogP contribution in [0.2, 0.25) is 0 Å². The van der Waals surface area contributed by atoms with E-state index >= 15 is 0 Å². The molecular weight excluding hydrogens is 851 g/mol. The molecule has 406 valence electrons. The van der Waals surface area contributed by atoms with Crippen molar-refractivity contribution in [3.05, 3.63) is 0 Å². The van der Waals surface area contributed by atoms with Crippen molar-refractivity contribution in [2.24, 2.45) is 0 Å². The lowest BCUT2D eigenvalue weighted by molar-refractivity contribution is -0.167. The number of hydrogen-bond donors (Lipinski definition) is 2. The number of unbranched alkanes of at least 4 members (excludes halogenated alkanes) is 42. The number of carboxylic acids is 1. The molecule has 0 spiro atoms. The minimum Gasteiger partial charge on any atom is -0.481 e. The number of carbonyl (C=O) groups excluding carboxylic acids is 3. The lowest BCUT2D eigenvalue weighted by Gasteiger charge is -2.18. The zero-order chi connectivity index (χ0) is 49.4. The maximum absolute atomic E-state index is 12.8. The molecule has 0 saturated carbocycles. The van der Waals surface area contributed by atoms with Crippen molar-refractivity contribution >= 4 is 23.9 Å². The lowest BCUT2D eigenvalue weighted by Crippen LogP contribution is -2.30. The predicted octanol–water partition coefficient (Wildman–Crippen LogP) is 19.0. The number of esters is 3. The predicted molar refractivity (Wildman–Crippen MR) is 289 cm³/mol. The lowest BCUT2D eigenvalue weighted by atomic mass is 10.0. The Balaban J connectivity index is -0.00000809. The molecular formula is C59H117NO8. The minimum absolute atomic E-state index is 0. The van der Waals surface area contributed by atoms with Crippen molar-refractivity contribution in [3.8, 4) is 0 Å². The molecule has 9 heteroatoms. The molecule has 68 heavy (non-hydrogen) atoms. The highest BCUT2D eigenvalue weighted by Crippen LogP contribution is 2.18. The second-order valence-corrected chi connectivity index (χ2v) is 20.1. The van der Waals surface area contributed by atoms with Crippen LogP contribution in [0.5, 0.6) is 0 Å². The highest BCUT2D eigenvalue weighted by atomic mass is 16.6. The fraction of sp³-hybridized carbons (Fsp3) is 0.932. The normalized spacial score (nSPS) is 11.0. The molecule has 0 unspecified atom stereocenters. The van der Waals surface area contributed by atoms with Crippen molar-refractivity contribution in [1.29, 1.82) is 0 Å². The van der Waals surface area contributed by atoms with E-state index in [1.807, 2.05) is 0 Å². The van der Waals surface area contributed by atoms with Crippen LogP contribution in [-0.4, -0.2) is 48.3 Å². The Morgan fingerprint density at radius 2 is 0.471 bits per heavy atom. The van der Waals surface area contributed by atoms with Gasteiger partial charge in [-0.25, -0.2) is 0 Å². The molecule has 0 rings (SSSR count). The number of ether oxygens (including phenoxy) is 3. The van der Waals surface area contributed by atoms with Crippen LogP contribution in [0.15, 0.2) is 0 Å². The van der Waals surface area contributed by atoms with Crippen LogP contribution in [0.4, 0.5) is 0 Å². The summed E-state index contributed by atoms with van der Waals surface area (Å²) in [4.78, 5) is 47.1. The second kappa shape index (κ2) is 61.0. The van der Waals surface area contributed by atoms with E-state index in [1.165, 1.54) is 231 Å². The quantitative estimate of drug-likeness (QED) is 0.0345. The first-order chi connectivity index (χ1) is 32.8. The molecule has 0 heterocycles. The topological polar surface area (TPSA) is 151 Å². The van der Waals surface area contributed by atoms with Crippen molar-refractivity contribution in [2.45, 2.75) is 342 Å². The summed E-state index contributed by atoms with van der Waals surface area (Å²) in [6.07, 6.45) is 58.0. The number of hydrogen-bond acceptors (Lipinski definition) is 8. The average Bonchev–Trinajstić information content (AvgIpc) is 3.30. The Morgan fingerprint density at radius 1 is 0.309 bits per heavy atom. The first-order valence-electron chi connectivity index (χ1n) is 29.5. The van der Waals surface area contributed by atoms with Crippen LogP contribution in [-0.2, 0) is 33.4 Å². The van der Waals surface area contributed by atoms with E-state index in [1.54, 1.807) is 0 Å². The molecule has 0 aromatic carbocycles. The van der Waals surface area contributed by atoms with E-state index in [-0.39, 0.29) is 37.3 Å². The second-order valence-electron chi connectivity index (χ2n) is 20.1. The zero-order valence-corrected chi connectivity index (χ0v) is 45.9. The van der Waals surface area contributed by atoms with Gasteiger partial charge in [-0.15, -0.1) is 0 Å². The Kier molecular flexibility index (Phi) is 62.8. The van der Waals surface area contributed by atoms with Gasteiger partial charge in [-0.2, -0.15) is 0 Å². The molecule has 0 aliphatic carbocycles. The highest BCUT2D eigenvalue weighted by Gasteiger charge is 2.19. The van der Waals surface area contributed by atoms with Crippen LogP contribution in [0.1, 0.15) is 336 Å². The van der Waals surface area contributed by atoms with Crippen LogP contribution >= 0.6 is 0 Å². The van der Waals surface area contributed by atoms with Crippen molar-refractivity contribution in [1.82, 2.24) is 6.15 Å². The summed E-state index contributed by atoms with van der Waals surface area (Å²) in [5, 5.41) is 7.42. The number of rotatable bonds is 53. The molecule has 0 amide bonds. The Labute approximate surface area is 422 Å². The molecule has 0 saturated heterocycles. The molecule has 9 nitrogen and oxygen atoms in total. The average molecular weight is 969 g/mol. The number of carbonyl (C=O) groups is 4. The van der Waals surface area contributed by atoms with Gasteiger partial charge < -0.3 is 25.5 Å². The summed E-state index contributed by atoms with van der Waals surface area (Å²) in [5.41, 5.74) is 0. The third-order valence-corrected chi connectivity index (χ3v) is 13.1. The van der Waals surface area contributed by atoms with E-state index in [0.717, 1.165) is 64.7 Å². The summed E-state index contributed by atoms with van der Waals surface area (Å²) in [6.45, 7) is 7.79. The highest BCUT2D eigenvalue weighted by molar-refractivity contribution is 5.71. The fourth-order valence-electron chi connectivity index (χ4n) is 8.80. The van der Waals surface area contributed by atoms with Gasteiger partial charge in [0.1, 0.15) is 13.2 Å². The molecule has 4 N–H and O–H groups in total. The molecule has 0 radical (unpaired) electrons. The fourth-order valence-corrected chi connectivity index (χ4v) is 8.80. The van der Waals surface area contributed by atoms with Gasteiger partial charge in [-0.3, -0.25) is 19.2 Å². The van der Waals surface area contributed by atoms with E-state index in [4.69, 9.17) is 24.1 Å². The molecule has 0 aliphatic rings. The van der Waals surface area contributed by atoms with Gasteiger partial charge >= 0.3 is 17.9 Å². The minimum atomic E-state index is -0.833. The van der Waals surface area contributed by atoms with E-state index in [2.05, 4.69) is 20.8 Å². The van der Waals surface area contributed by atoms with Crippen LogP contribution in [0.3, 0.4) is 0 Å². The Morgan fingerprint density at radius 3 is 0.662 bits per heavy atom. The van der Waals surface area contributed by atoms with Crippen LogP contribution in [0, 0.1) is 0 Å². The van der Waals surface area contributed by atoms with Gasteiger partial charge in [0.25, 0.3) is 5.97 Å². The third kappa shape index (κ3) is 63.8. The number of aliphatic carboxylic acids is 1. The molecule has 0 bridgehead atoms. The summed E-state index contributed by atoms with van der Waals surface area (Å²) < 4.78 is 16.9. The van der Waals surface area contributed by atoms with Crippen molar-refractivity contribution in [2.75, 3.05) is 13.2 Å². The smallest absolute Gasteiger partial charge is 0.306 e. The van der Waals surface area contributed by atoms with Gasteiger partial charge in [0.05, 0.1) is 0 Å². The van der Waals surface area contributed by atoms with Crippen molar-refractivity contribution in [3.63, 3.8) is 0 Å². The summed E-state index contributed by atoms with van der Waals surface area (Å²) in [5.74, 6) is -1.67. The Hall–Kier alpha value is -2.16. The van der Waals surface area contributed by atoms with Gasteiger partial charge in [0, 0.05) is 26.2 Å². The number of carboxylic acid groups (broad SMARTS) is 1. The Bertz CT molecular complexity index is 984. The third-order valence-electron chi connectivity index (χ3n) is 13.1. The molecule has 0 aromatic heterocycles.